The molecule has 0 bridgehead atoms. The van der Waals surface area contributed by atoms with Crippen LogP contribution in [0.4, 0.5) is 4.79 Å². The van der Waals surface area contributed by atoms with E-state index in [0.29, 0.717) is 12.7 Å². The summed E-state index contributed by atoms with van der Waals surface area (Å²) in [5.41, 5.74) is 0. The van der Waals surface area contributed by atoms with Gasteiger partial charge >= 0.3 is 6.03 Å². The number of nitrogens with zero attached hydrogens (tertiary/aromatic N) is 1. The number of hydrogen-bond donors (Lipinski definition) is 1. The second kappa shape index (κ2) is 5.50. The van der Waals surface area contributed by atoms with Gasteiger partial charge in [-0.1, -0.05) is 0 Å². The van der Waals surface area contributed by atoms with E-state index in [1.807, 2.05) is 4.90 Å². The molecule has 0 aromatic rings. The maximum Gasteiger partial charge on any atom is 0.317 e. The number of urea groups is 1. The smallest absolute Gasteiger partial charge is 0.317 e. The number of piperidine rings is 1. The van der Waals surface area contributed by atoms with E-state index in [1.165, 1.54) is 0 Å². The van der Waals surface area contributed by atoms with Crippen LogP contribution in [0.3, 0.4) is 0 Å². The summed E-state index contributed by atoms with van der Waals surface area (Å²) in [6.07, 6.45) is 3.12. The summed E-state index contributed by atoms with van der Waals surface area (Å²) in [6, 6.07) is 0.248. The number of hydrogen-bond acceptors (Lipinski definition) is 3. The van der Waals surface area contributed by atoms with E-state index in [0.717, 1.165) is 39.0 Å². The molecule has 5 heteroatoms. The molecular formula is C11H20N2O3. The van der Waals surface area contributed by atoms with Crippen molar-refractivity contribution >= 4 is 6.03 Å². The Morgan fingerprint density at radius 3 is 2.69 bits per heavy atom. The Morgan fingerprint density at radius 2 is 2.12 bits per heavy atom. The number of likely N-dealkylation sites (tertiary alicyclic amines) is 1. The SMILES string of the molecule is COC1CCN(C(=O)NC2CCOC2)CC1. The summed E-state index contributed by atoms with van der Waals surface area (Å²) in [4.78, 5) is 13.7. The lowest BCUT2D eigenvalue weighted by Crippen LogP contribution is -2.49. The van der Waals surface area contributed by atoms with E-state index in [4.69, 9.17) is 9.47 Å². The highest BCUT2D eigenvalue weighted by Gasteiger charge is 2.25. The minimum Gasteiger partial charge on any atom is -0.381 e. The van der Waals surface area contributed by atoms with Crippen molar-refractivity contribution in [1.29, 1.82) is 0 Å². The number of carbonyl (C=O) groups excluding carboxylic acids is 1. The third-order valence-electron chi connectivity index (χ3n) is 3.32. The van der Waals surface area contributed by atoms with Crippen LogP contribution < -0.4 is 5.32 Å². The minimum absolute atomic E-state index is 0.0463. The number of methoxy groups -OCH3 is 1. The molecule has 2 amide bonds. The molecule has 0 spiro atoms. The van der Waals surface area contributed by atoms with Gasteiger partial charge in [-0.15, -0.1) is 0 Å². The first-order valence-electron chi connectivity index (χ1n) is 5.95. The van der Waals surface area contributed by atoms with E-state index in [-0.39, 0.29) is 12.1 Å². The van der Waals surface area contributed by atoms with Crippen LogP contribution in [-0.4, -0.2) is 56.5 Å². The minimum atomic E-state index is 0.0463. The molecule has 1 N–H and O–H groups in total. The maximum absolute atomic E-state index is 11.9. The summed E-state index contributed by atoms with van der Waals surface area (Å²) in [5.74, 6) is 0. The highest BCUT2D eigenvalue weighted by atomic mass is 16.5. The molecule has 2 fully saturated rings. The molecule has 2 heterocycles. The monoisotopic (exact) mass is 228 g/mol. The zero-order valence-corrected chi connectivity index (χ0v) is 9.78. The van der Waals surface area contributed by atoms with Gasteiger partial charge in [0.2, 0.25) is 0 Å². The van der Waals surface area contributed by atoms with Crippen molar-refractivity contribution in [3.63, 3.8) is 0 Å². The van der Waals surface area contributed by atoms with Crippen LogP contribution in [0.5, 0.6) is 0 Å². The highest BCUT2D eigenvalue weighted by Crippen LogP contribution is 2.13. The molecule has 1 unspecified atom stereocenters. The molecular weight excluding hydrogens is 208 g/mol. The Morgan fingerprint density at radius 1 is 1.38 bits per heavy atom. The predicted octanol–water partition coefficient (Wildman–Crippen LogP) is 0.596. The molecule has 2 saturated heterocycles. The number of carbonyl (C=O) groups is 1. The first-order chi connectivity index (χ1) is 7.79. The quantitative estimate of drug-likeness (QED) is 0.753. The molecule has 1 atom stereocenters. The van der Waals surface area contributed by atoms with Gasteiger partial charge in [0.15, 0.2) is 0 Å². The Kier molecular flexibility index (Phi) is 4.01. The Bertz CT molecular complexity index is 233. The molecule has 16 heavy (non-hydrogen) atoms. The van der Waals surface area contributed by atoms with Crippen molar-refractivity contribution in [3.05, 3.63) is 0 Å². The van der Waals surface area contributed by atoms with Gasteiger partial charge in [0.05, 0.1) is 18.8 Å². The van der Waals surface area contributed by atoms with E-state index in [9.17, 15) is 4.79 Å². The van der Waals surface area contributed by atoms with E-state index in [1.54, 1.807) is 7.11 Å². The fraction of sp³-hybridized carbons (Fsp3) is 0.909. The normalized spacial score (nSPS) is 27.1. The Balaban J connectivity index is 1.73. The molecule has 0 aromatic carbocycles. The van der Waals surface area contributed by atoms with Crippen molar-refractivity contribution in [2.45, 2.75) is 31.4 Å². The van der Waals surface area contributed by atoms with Crippen LogP contribution in [0, 0.1) is 0 Å². The number of ether oxygens (including phenoxy) is 2. The average Bonchev–Trinajstić information content (AvgIpc) is 2.82. The lowest BCUT2D eigenvalue weighted by molar-refractivity contribution is 0.0499. The van der Waals surface area contributed by atoms with E-state index < -0.39 is 0 Å². The lowest BCUT2D eigenvalue weighted by atomic mass is 10.1. The third-order valence-corrected chi connectivity index (χ3v) is 3.32. The van der Waals surface area contributed by atoms with Crippen LogP contribution in [0.1, 0.15) is 19.3 Å². The molecule has 5 nitrogen and oxygen atoms in total. The Labute approximate surface area is 96.1 Å². The second-order valence-electron chi connectivity index (χ2n) is 4.43. The Hall–Kier alpha value is -0.810. The largest absolute Gasteiger partial charge is 0.381 e. The van der Waals surface area contributed by atoms with Crippen LogP contribution in [0.2, 0.25) is 0 Å². The van der Waals surface area contributed by atoms with Gasteiger partial charge in [-0.2, -0.15) is 0 Å². The van der Waals surface area contributed by atoms with Crippen molar-refractivity contribution in [2.75, 3.05) is 33.4 Å². The van der Waals surface area contributed by atoms with Gasteiger partial charge in [0.1, 0.15) is 0 Å². The summed E-state index contributed by atoms with van der Waals surface area (Å²) in [7, 11) is 1.73. The first kappa shape index (κ1) is 11.7. The van der Waals surface area contributed by atoms with Crippen LogP contribution in [0.15, 0.2) is 0 Å². The molecule has 0 radical (unpaired) electrons. The van der Waals surface area contributed by atoms with Crippen molar-refractivity contribution < 1.29 is 14.3 Å². The second-order valence-corrected chi connectivity index (χ2v) is 4.43. The number of amides is 2. The molecule has 0 saturated carbocycles. The van der Waals surface area contributed by atoms with E-state index in [2.05, 4.69) is 5.32 Å². The summed E-state index contributed by atoms with van der Waals surface area (Å²) in [5, 5.41) is 3.00. The molecule has 2 rings (SSSR count). The number of nitrogens with one attached hydrogen (secondary N) is 1. The molecule has 0 aliphatic carbocycles. The maximum atomic E-state index is 11.9. The van der Waals surface area contributed by atoms with Crippen LogP contribution in [-0.2, 0) is 9.47 Å². The zero-order chi connectivity index (χ0) is 11.4. The van der Waals surface area contributed by atoms with Crippen molar-refractivity contribution in [1.82, 2.24) is 10.2 Å². The highest BCUT2D eigenvalue weighted by molar-refractivity contribution is 5.74. The summed E-state index contributed by atoms with van der Waals surface area (Å²) in [6.45, 7) is 2.99. The van der Waals surface area contributed by atoms with Gasteiger partial charge in [-0.3, -0.25) is 0 Å². The molecule has 2 aliphatic heterocycles. The van der Waals surface area contributed by atoms with Crippen LogP contribution in [0.25, 0.3) is 0 Å². The topological polar surface area (TPSA) is 50.8 Å². The van der Waals surface area contributed by atoms with Crippen molar-refractivity contribution in [3.8, 4) is 0 Å². The standard InChI is InChI=1S/C11H20N2O3/c1-15-10-2-5-13(6-3-10)11(14)12-9-4-7-16-8-9/h9-10H,2-8H2,1H3,(H,12,14). The summed E-state index contributed by atoms with van der Waals surface area (Å²) < 4.78 is 10.5. The summed E-state index contributed by atoms with van der Waals surface area (Å²) >= 11 is 0. The van der Waals surface area contributed by atoms with Crippen LogP contribution >= 0.6 is 0 Å². The molecule has 0 aromatic heterocycles. The van der Waals surface area contributed by atoms with E-state index >= 15 is 0 Å². The van der Waals surface area contributed by atoms with Gasteiger partial charge in [-0.25, -0.2) is 4.79 Å². The lowest BCUT2D eigenvalue weighted by Gasteiger charge is -2.31. The third kappa shape index (κ3) is 2.86. The van der Waals surface area contributed by atoms with Gasteiger partial charge in [-0.05, 0) is 19.3 Å². The zero-order valence-electron chi connectivity index (χ0n) is 9.78. The average molecular weight is 228 g/mol. The number of rotatable bonds is 2. The fourth-order valence-corrected chi connectivity index (χ4v) is 2.21. The first-order valence-corrected chi connectivity index (χ1v) is 5.95. The van der Waals surface area contributed by atoms with Gasteiger partial charge < -0.3 is 19.7 Å². The fourth-order valence-electron chi connectivity index (χ4n) is 2.21. The van der Waals surface area contributed by atoms with Gasteiger partial charge in [0.25, 0.3) is 0 Å². The molecule has 92 valence electrons. The van der Waals surface area contributed by atoms with Gasteiger partial charge in [0, 0.05) is 26.8 Å². The van der Waals surface area contributed by atoms with Crippen molar-refractivity contribution in [2.24, 2.45) is 0 Å². The predicted molar refractivity (Wildman–Crippen MR) is 59.4 cm³/mol. The molecule has 2 aliphatic rings.